The normalized spacial score (nSPS) is 11.3. The van der Waals surface area contributed by atoms with Crippen molar-refractivity contribution in [1.82, 2.24) is 5.32 Å². The molecule has 0 bridgehead atoms. The molecule has 142 valence electrons. The third-order valence-electron chi connectivity index (χ3n) is 3.48. The van der Waals surface area contributed by atoms with E-state index in [0.29, 0.717) is 5.56 Å². The standard InChI is InChI=1S/C19H18BrNO6/c20-15-8-6-14(7-9-15)17(23)12-26-18(24)16(10-22)21-19(25)27-11-13-4-2-1-3-5-13/h1-9,16,22H,10-12H2,(H,21,25)/t16-/m0/s1. The van der Waals surface area contributed by atoms with Gasteiger partial charge >= 0.3 is 12.1 Å². The highest BCUT2D eigenvalue weighted by atomic mass is 79.9. The minimum absolute atomic E-state index is 0.0158. The van der Waals surface area contributed by atoms with Gasteiger partial charge in [0.05, 0.1) is 6.61 Å². The summed E-state index contributed by atoms with van der Waals surface area (Å²) in [6, 6.07) is 14.2. The van der Waals surface area contributed by atoms with Gasteiger partial charge in [0, 0.05) is 10.0 Å². The molecule has 2 rings (SSSR count). The average Bonchev–Trinajstić information content (AvgIpc) is 2.69. The Morgan fingerprint density at radius 2 is 1.67 bits per heavy atom. The fourth-order valence-corrected chi connectivity index (χ4v) is 2.31. The number of hydrogen-bond donors (Lipinski definition) is 2. The summed E-state index contributed by atoms with van der Waals surface area (Å²) in [5.74, 6) is -1.33. The molecule has 0 saturated carbocycles. The number of ether oxygens (including phenoxy) is 2. The largest absolute Gasteiger partial charge is 0.456 e. The van der Waals surface area contributed by atoms with Crippen LogP contribution in [0.1, 0.15) is 15.9 Å². The van der Waals surface area contributed by atoms with E-state index in [1.165, 1.54) is 0 Å². The Kier molecular flexibility index (Phi) is 7.97. The lowest BCUT2D eigenvalue weighted by molar-refractivity contribution is -0.145. The summed E-state index contributed by atoms with van der Waals surface area (Å²) in [5, 5.41) is 11.5. The summed E-state index contributed by atoms with van der Waals surface area (Å²) >= 11 is 3.26. The number of aliphatic hydroxyl groups excluding tert-OH is 1. The van der Waals surface area contributed by atoms with Crippen molar-refractivity contribution in [3.8, 4) is 0 Å². The van der Waals surface area contributed by atoms with Crippen LogP contribution in [-0.2, 0) is 20.9 Å². The molecule has 0 heterocycles. The SMILES string of the molecule is O=C(N[C@@H](CO)C(=O)OCC(=O)c1ccc(Br)cc1)OCc1ccccc1. The predicted molar refractivity (Wildman–Crippen MR) is 100 cm³/mol. The molecule has 0 saturated heterocycles. The predicted octanol–water partition coefficient (Wildman–Crippen LogP) is 2.46. The lowest BCUT2D eigenvalue weighted by atomic mass is 10.1. The number of aliphatic hydroxyl groups is 1. The Morgan fingerprint density at radius 1 is 1.00 bits per heavy atom. The van der Waals surface area contributed by atoms with Gasteiger partial charge < -0.3 is 19.9 Å². The summed E-state index contributed by atoms with van der Waals surface area (Å²) in [6.07, 6.45) is -0.880. The van der Waals surface area contributed by atoms with Crippen molar-refractivity contribution in [2.45, 2.75) is 12.6 Å². The highest BCUT2D eigenvalue weighted by Crippen LogP contribution is 2.11. The summed E-state index contributed by atoms with van der Waals surface area (Å²) in [7, 11) is 0. The van der Waals surface area contributed by atoms with Crippen molar-refractivity contribution >= 4 is 33.8 Å². The lowest BCUT2D eigenvalue weighted by Gasteiger charge is -2.15. The van der Waals surface area contributed by atoms with E-state index in [0.717, 1.165) is 10.0 Å². The second kappa shape index (κ2) is 10.4. The highest BCUT2D eigenvalue weighted by Gasteiger charge is 2.23. The van der Waals surface area contributed by atoms with Gasteiger partial charge in [-0.15, -0.1) is 0 Å². The molecule has 0 fully saturated rings. The van der Waals surface area contributed by atoms with E-state index in [9.17, 15) is 19.5 Å². The van der Waals surface area contributed by atoms with Crippen LogP contribution in [0.15, 0.2) is 59.1 Å². The molecule has 1 atom stereocenters. The number of carbonyl (C=O) groups is 3. The maximum atomic E-state index is 12.0. The summed E-state index contributed by atoms with van der Waals surface area (Å²) in [6.45, 7) is -1.18. The number of alkyl carbamates (subject to hydrolysis) is 1. The molecule has 0 spiro atoms. The van der Waals surface area contributed by atoms with Gasteiger partial charge in [0.2, 0.25) is 0 Å². The first-order valence-corrected chi connectivity index (χ1v) is 8.82. The minimum atomic E-state index is -1.33. The molecule has 0 radical (unpaired) electrons. The maximum absolute atomic E-state index is 12.0. The number of esters is 1. The fourth-order valence-electron chi connectivity index (χ4n) is 2.04. The van der Waals surface area contributed by atoms with Crippen molar-refractivity contribution in [2.24, 2.45) is 0 Å². The van der Waals surface area contributed by atoms with E-state index in [1.807, 2.05) is 6.07 Å². The number of halogens is 1. The van der Waals surface area contributed by atoms with Crippen LogP contribution < -0.4 is 5.32 Å². The van der Waals surface area contributed by atoms with E-state index >= 15 is 0 Å². The molecule has 0 aromatic heterocycles. The van der Waals surface area contributed by atoms with Crippen molar-refractivity contribution in [1.29, 1.82) is 0 Å². The Hall–Kier alpha value is -2.71. The average molecular weight is 436 g/mol. The molecule has 7 nitrogen and oxygen atoms in total. The third kappa shape index (κ3) is 6.84. The van der Waals surface area contributed by atoms with Gasteiger partial charge in [-0.1, -0.05) is 58.4 Å². The number of benzene rings is 2. The molecule has 8 heteroatoms. The Balaban J connectivity index is 1.79. The zero-order valence-electron chi connectivity index (χ0n) is 14.3. The molecule has 2 aromatic rings. The number of ketones is 1. The van der Waals surface area contributed by atoms with Crippen molar-refractivity contribution in [2.75, 3.05) is 13.2 Å². The zero-order chi connectivity index (χ0) is 19.6. The second-order valence-corrected chi connectivity index (χ2v) is 6.39. The minimum Gasteiger partial charge on any atom is -0.456 e. The Labute approximate surface area is 164 Å². The molecule has 0 aliphatic heterocycles. The first-order valence-electron chi connectivity index (χ1n) is 8.03. The number of nitrogens with one attached hydrogen (secondary N) is 1. The summed E-state index contributed by atoms with van der Waals surface area (Å²) in [5.41, 5.74) is 1.15. The van der Waals surface area contributed by atoms with Crippen LogP contribution in [0.5, 0.6) is 0 Å². The molecule has 27 heavy (non-hydrogen) atoms. The van der Waals surface area contributed by atoms with Gasteiger partial charge in [0.1, 0.15) is 6.61 Å². The summed E-state index contributed by atoms with van der Waals surface area (Å²) < 4.78 is 10.7. The van der Waals surface area contributed by atoms with Crippen LogP contribution in [0.3, 0.4) is 0 Å². The number of rotatable bonds is 8. The van der Waals surface area contributed by atoms with Crippen LogP contribution in [-0.4, -0.2) is 42.2 Å². The van der Waals surface area contributed by atoms with Crippen LogP contribution >= 0.6 is 15.9 Å². The third-order valence-corrected chi connectivity index (χ3v) is 4.01. The smallest absolute Gasteiger partial charge is 0.408 e. The quantitative estimate of drug-likeness (QED) is 0.487. The fraction of sp³-hybridized carbons (Fsp3) is 0.211. The van der Waals surface area contributed by atoms with Crippen LogP contribution in [0.4, 0.5) is 4.79 Å². The monoisotopic (exact) mass is 435 g/mol. The molecule has 1 amide bonds. The van der Waals surface area contributed by atoms with E-state index in [2.05, 4.69) is 21.2 Å². The molecule has 0 unspecified atom stereocenters. The lowest BCUT2D eigenvalue weighted by Crippen LogP contribution is -2.45. The first kappa shape index (κ1) is 20.6. The van der Waals surface area contributed by atoms with Gasteiger partial charge in [-0.3, -0.25) is 4.79 Å². The number of Topliss-reactive ketones (excluding diaryl/α,β-unsaturated/α-hetero) is 1. The van der Waals surface area contributed by atoms with Gasteiger partial charge in [-0.05, 0) is 17.7 Å². The second-order valence-electron chi connectivity index (χ2n) is 5.48. The molecule has 2 N–H and O–H groups in total. The van der Waals surface area contributed by atoms with E-state index in [4.69, 9.17) is 9.47 Å². The number of amides is 1. The van der Waals surface area contributed by atoms with Gasteiger partial charge in [0.25, 0.3) is 0 Å². The van der Waals surface area contributed by atoms with Gasteiger partial charge in [-0.25, -0.2) is 9.59 Å². The van der Waals surface area contributed by atoms with Gasteiger partial charge in [-0.2, -0.15) is 0 Å². The van der Waals surface area contributed by atoms with Crippen molar-refractivity contribution < 1.29 is 29.0 Å². The van der Waals surface area contributed by atoms with Crippen molar-refractivity contribution in [3.63, 3.8) is 0 Å². The molecule has 0 aliphatic carbocycles. The Morgan fingerprint density at radius 3 is 2.30 bits per heavy atom. The first-order chi connectivity index (χ1) is 13.0. The molecular weight excluding hydrogens is 418 g/mol. The maximum Gasteiger partial charge on any atom is 0.408 e. The molecule has 2 aromatic carbocycles. The zero-order valence-corrected chi connectivity index (χ0v) is 15.8. The van der Waals surface area contributed by atoms with E-state index in [1.54, 1.807) is 48.5 Å². The van der Waals surface area contributed by atoms with Crippen LogP contribution in [0.25, 0.3) is 0 Å². The summed E-state index contributed by atoms with van der Waals surface area (Å²) in [4.78, 5) is 35.7. The van der Waals surface area contributed by atoms with Crippen LogP contribution in [0, 0.1) is 0 Å². The van der Waals surface area contributed by atoms with Crippen molar-refractivity contribution in [3.05, 3.63) is 70.2 Å². The number of hydrogen-bond acceptors (Lipinski definition) is 6. The van der Waals surface area contributed by atoms with E-state index in [-0.39, 0.29) is 6.61 Å². The molecular formula is C19H18BrNO6. The molecule has 0 aliphatic rings. The van der Waals surface area contributed by atoms with Gasteiger partial charge in [0.15, 0.2) is 18.4 Å². The Bertz CT molecular complexity index is 779. The van der Waals surface area contributed by atoms with E-state index < -0.39 is 37.1 Å². The highest BCUT2D eigenvalue weighted by molar-refractivity contribution is 9.10. The van der Waals surface area contributed by atoms with Crippen LogP contribution in [0.2, 0.25) is 0 Å². The topological polar surface area (TPSA) is 102 Å². The number of carbonyl (C=O) groups excluding carboxylic acids is 3.